The summed E-state index contributed by atoms with van der Waals surface area (Å²) in [6.07, 6.45) is -3.80. The maximum absolute atomic E-state index is 13.1. The summed E-state index contributed by atoms with van der Waals surface area (Å²) in [5, 5.41) is 28.8. The third-order valence-electron chi connectivity index (χ3n) is 5.16. The number of hydrogen-bond acceptors (Lipinski definition) is 3. The summed E-state index contributed by atoms with van der Waals surface area (Å²) in [5.74, 6) is -0.106. The summed E-state index contributed by atoms with van der Waals surface area (Å²) in [4.78, 5) is 10.7. The second kappa shape index (κ2) is 4.62. The Morgan fingerprint density at radius 1 is 1.33 bits per heavy atom. The zero-order valence-electron chi connectivity index (χ0n) is 12.3. The van der Waals surface area contributed by atoms with Gasteiger partial charge in [0.15, 0.2) is 0 Å². The molecule has 0 bridgehead atoms. The van der Waals surface area contributed by atoms with Crippen molar-refractivity contribution in [2.45, 2.75) is 30.7 Å². The minimum Gasteiger partial charge on any atom is -0.465 e. The van der Waals surface area contributed by atoms with E-state index in [9.17, 15) is 23.1 Å². The third kappa shape index (κ3) is 2.22. The molecule has 0 unspecified atom stereocenters. The SMILES string of the molecule is O=C(O)N[C@H]1[C@@H]2C[C@](O)(c3cc(C(F)(F)F)cc4[nH]ncc34)C[C@@H]21. The average molecular weight is 341 g/mol. The molecule has 2 aliphatic rings. The van der Waals surface area contributed by atoms with Gasteiger partial charge in [-0.15, -0.1) is 0 Å². The fraction of sp³-hybridized carbons (Fsp3) is 0.467. The first-order valence-electron chi connectivity index (χ1n) is 7.46. The van der Waals surface area contributed by atoms with Crippen molar-refractivity contribution in [1.29, 1.82) is 0 Å². The summed E-state index contributed by atoms with van der Waals surface area (Å²) >= 11 is 0. The van der Waals surface area contributed by atoms with E-state index in [4.69, 9.17) is 5.11 Å². The highest BCUT2D eigenvalue weighted by Crippen LogP contribution is 2.60. The third-order valence-corrected chi connectivity index (χ3v) is 5.16. The number of hydrogen-bond donors (Lipinski definition) is 4. The van der Waals surface area contributed by atoms with E-state index < -0.39 is 23.4 Å². The standard InChI is InChI=1S/C15H14F3N3O3/c16-15(17,18)6-1-10(9-5-19-21-11(9)2-6)14(24)3-7-8(4-14)12(7)20-13(22)23/h1-2,5,7-8,12,20,24H,3-4H2,(H,19,21)(H,22,23)/t7-,8+,12+,14-. The number of aromatic nitrogens is 2. The van der Waals surface area contributed by atoms with Gasteiger partial charge in [-0.3, -0.25) is 5.10 Å². The number of halogens is 3. The molecule has 4 rings (SSSR count). The molecule has 2 saturated carbocycles. The number of nitrogens with one attached hydrogen (secondary N) is 2. The molecular weight excluding hydrogens is 327 g/mol. The van der Waals surface area contributed by atoms with Crippen LogP contribution in [0.3, 0.4) is 0 Å². The van der Waals surface area contributed by atoms with Gasteiger partial charge < -0.3 is 15.5 Å². The molecule has 4 N–H and O–H groups in total. The molecule has 0 radical (unpaired) electrons. The second-order valence-corrected chi connectivity index (χ2v) is 6.60. The van der Waals surface area contributed by atoms with Crippen LogP contribution >= 0.6 is 0 Å². The van der Waals surface area contributed by atoms with Crippen LogP contribution in [0.15, 0.2) is 18.3 Å². The molecular formula is C15H14F3N3O3. The molecule has 1 aromatic carbocycles. The van der Waals surface area contributed by atoms with Crippen molar-refractivity contribution in [1.82, 2.24) is 15.5 Å². The van der Waals surface area contributed by atoms with Crippen molar-refractivity contribution in [2.24, 2.45) is 11.8 Å². The van der Waals surface area contributed by atoms with Gasteiger partial charge in [0, 0.05) is 11.4 Å². The highest BCUT2D eigenvalue weighted by Gasteiger charge is 2.62. The van der Waals surface area contributed by atoms with Crippen molar-refractivity contribution < 1.29 is 28.2 Å². The first-order valence-corrected chi connectivity index (χ1v) is 7.46. The van der Waals surface area contributed by atoms with E-state index in [0.717, 1.165) is 12.1 Å². The smallest absolute Gasteiger partial charge is 0.416 e. The maximum Gasteiger partial charge on any atom is 0.416 e. The Kier molecular flexibility index (Phi) is 2.94. The van der Waals surface area contributed by atoms with Crippen molar-refractivity contribution in [2.75, 3.05) is 0 Å². The molecule has 2 aromatic rings. The number of benzene rings is 1. The number of carboxylic acid groups (broad SMARTS) is 1. The zero-order valence-corrected chi connectivity index (χ0v) is 12.3. The Bertz CT molecular complexity index is 820. The lowest BCUT2D eigenvalue weighted by Gasteiger charge is -2.28. The number of nitrogens with zero attached hydrogens (tertiary/aromatic N) is 1. The van der Waals surface area contributed by atoms with Crippen LogP contribution in [0, 0.1) is 11.8 Å². The molecule has 128 valence electrons. The minimum atomic E-state index is -4.53. The number of amides is 1. The molecule has 2 fully saturated rings. The molecule has 1 amide bonds. The van der Waals surface area contributed by atoms with Crippen molar-refractivity contribution >= 4 is 17.0 Å². The molecule has 4 atom stereocenters. The van der Waals surface area contributed by atoms with Crippen molar-refractivity contribution in [3.05, 3.63) is 29.5 Å². The Morgan fingerprint density at radius 2 is 2.00 bits per heavy atom. The first-order chi connectivity index (χ1) is 11.2. The van der Waals surface area contributed by atoms with Gasteiger partial charge in [-0.1, -0.05) is 0 Å². The van der Waals surface area contributed by atoms with Gasteiger partial charge in [-0.2, -0.15) is 18.3 Å². The summed E-state index contributed by atoms with van der Waals surface area (Å²) in [7, 11) is 0. The molecule has 6 nitrogen and oxygen atoms in total. The van der Waals surface area contributed by atoms with Gasteiger partial charge in [0.05, 0.1) is 22.9 Å². The average Bonchev–Trinajstić information content (AvgIpc) is 2.89. The van der Waals surface area contributed by atoms with Crippen LogP contribution in [0.4, 0.5) is 18.0 Å². The number of rotatable bonds is 2. The Balaban J connectivity index is 1.70. The largest absolute Gasteiger partial charge is 0.465 e. The molecule has 1 aromatic heterocycles. The zero-order chi connectivity index (χ0) is 17.3. The van der Waals surface area contributed by atoms with E-state index in [0.29, 0.717) is 5.39 Å². The van der Waals surface area contributed by atoms with Gasteiger partial charge >= 0.3 is 12.3 Å². The lowest BCUT2D eigenvalue weighted by atomic mass is 9.85. The normalized spacial score (nSPS) is 31.9. The number of aliphatic hydroxyl groups is 1. The topological polar surface area (TPSA) is 98.2 Å². The number of carbonyl (C=O) groups is 1. The predicted octanol–water partition coefficient (Wildman–Crippen LogP) is 2.45. The first kappa shape index (κ1) is 15.3. The van der Waals surface area contributed by atoms with Crippen LogP contribution in [-0.4, -0.2) is 32.5 Å². The van der Waals surface area contributed by atoms with Gasteiger partial charge in [0.2, 0.25) is 0 Å². The highest BCUT2D eigenvalue weighted by atomic mass is 19.4. The van der Waals surface area contributed by atoms with Crippen LogP contribution < -0.4 is 5.32 Å². The van der Waals surface area contributed by atoms with Crippen molar-refractivity contribution in [3.8, 4) is 0 Å². The molecule has 0 spiro atoms. The van der Waals surface area contributed by atoms with Crippen LogP contribution in [0.2, 0.25) is 0 Å². The van der Waals surface area contributed by atoms with Crippen LogP contribution in [0.5, 0.6) is 0 Å². The van der Waals surface area contributed by atoms with Crippen LogP contribution in [0.25, 0.3) is 10.9 Å². The van der Waals surface area contributed by atoms with Gasteiger partial charge in [-0.25, -0.2) is 4.79 Å². The maximum atomic E-state index is 13.1. The molecule has 0 saturated heterocycles. The monoisotopic (exact) mass is 341 g/mol. The summed E-state index contributed by atoms with van der Waals surface area (Å²) < 4.78 is 39.3. The molecule has 2 aliphatic carbocycles. The van der Waals surface area contributed by atoms with Gasteiger partial charge in [-0.05, 0) is 42.4 Å². The molecule has 1 heterocycles. The Hall–Kier alpha value is -2.29. The highest BCUT2D eigenvalue weighted by molar-refractivity contribution is 5.83. The fourth-order valence-corrected chi connectivity index (χ4v) is 4.04. The Labute approximate surface area is 133 Å². The number of H-pyrrole nitrogens is 1. The Morgan fingerprint density at radius 3 is 2.58 bits per heavy atom. The van der Waals surface area contributed by atoms with E-state index >= 15 is 0 Å². The second-order valence-electron chi connectivity index (χ2n) is 6.60. The van der Waals surface area contributed by atoms with Crippen LogP contribution in [-0.2, 0) is 11.8 Å². The molecule has 9 heteroatoms. The molecule has 24 heavy (non-hydrogen) atoms. The summed E-state index contributed by atoms with van der Waals surface area (Å²) in [5.41, 5.74) is -1.84. The number of aromatic amines is 1. The van der Waals surface area contributed by atoms with Crippen LogP contribution in [0.1, 0.15) is 24.0 Å². The lowest BCUT2D eigenvalue weighted by molar-refractivity contribution is -0.137. The van der Waals surface area contributed by atoms with Gasteiger partial charge in [0.1, 0.15) is 0 Å². The van der Waals surface area contributed by atoms with E-state index in [-0.39, 0.29) is 41.8 Å². The van der Waals surface area contributed by atoms with E-state index in [2.05, 4.69) is 15.5 Å². The lowest BCUT2D eigenvalue weighted by Crippen LogP contribution is -2.32. The van der Waals surface area contributed by atoms with Gasteiger partial charge in [0.25, 0.3) is 0 Å². The quantitative estimate of drug-likeness (QED) is 0.674. The number of alkyl halides is 3. The van der Waals surface area contributed by atoms with Crippen molar-refractivity contribution in [3.63, 3.8) is 0 Å². The fourth-order valence-electron chi connectivity index (χ4n) is 4.04. The summed E-state index contributed by atoms with van der Waals surface area (Å²) in [6.45, 7) is 0. The molecule has 0 aliphatic heterocycles. The predicted molar refractivity (Wildman–Crippen MR) is 76.2 cm³/mol. The summed E-state index contributed by atoms with van der Waals surface area (Å²) in [6, 6.07) is 1.72. The number of fused-ring (bicyclic) bond motifs is 2. The van der Waals surface area contributed by atoms with E-state index in [1.54, 1.807) is 0 Å². The van der Waals surface area contributed by atoms with E-state index in [1.165, 1.54) is 6.20 Å². The van der Waals surface area contributed by atoms with E-state index in [1.807, 2.05) is 0 Å². The minimum absolute atomic E-state index is 0.0532.